The van der Waals surface area contributed by atoms with E-state index in [0.29, 0.717) is 6.42 Å². The minimum atomic E-state index is -0.996. The van der Waals surface area contributed by atoms with Crippen LogP contribution in [0.5, 0.6) is 0 Å². The van der Waals surface area contributed by atoms with Crippen molar-refractivity contribution in [2.24, 2.45) is 0 Å². The molecule has 3 aromatic rings. The molecule has 1 heterocycles. The van der Waals surface area contributed by atoms with E-state index in [1.54, 1.807) is 6.92 Å². The second kappa shape index (κ2) is 9.56. The van der Waals surface area contributed by atoms with Gasteiger partial charge < -0.3 is 15.2 Å². The number of rotatable bonds is 8. The largest absolute Gasteiger partial charge is 0.481 e. The smallest absolute Gasteiger partial charge is 0.412 e. The van der Waals surface area contributed by atoms with Crippen LogP contribution >= 0.6 is 0 Å². The van der Waals surface area contributed by atoms with E-state index in [-0.39, 0.29) is 30.5 Å². The van der Waals surface area contributed by atoms with Crippen molar-refractivity contribution in [1.82, 2.24) is 15.5 Å². The van der Waals surface area contributed by atoms with Crippen molar-refractivity contribution < 1.29 is 24.2 Å². The first-order valence-corrected chi connectivity index (χ1v) is 10.7. The Hall–Kier alpha value is -4.14. The van der Waals surface area contributed by atoms with Crippen LogP contribution in [0.3, 0.4) is 0 Å². The molecule has 0 radical (unpaired) electrons. The maximum Gasteiger partial charge on any atom is 0.412 e. The number of carboxylic acids is 1. The van der Waals surface area contributed by atoms with Crippen molar-refractivity contribution >= 4 is 23.8 Å². The van der Waals surface area contributed by atoms with Crippen molar-refractivity contribution in [3.05, 3.63) is 71.4 Å². The van der Waals surface area contributed by atoms with E-state index >= 15 is 0 Å². The summed E-state index contributed by atoms with van der Waals surface area (Å²) in [7, 11) is 0. The van der Waals surface area contributed by atoms with Gasteiger partial charge in [0.15, 0.2) is 5.82 Å². The minimum Gasteiger partial charge on any atom is -0.481 e. The normalized spacial score (nSPS) is 13.0. The molecule has 1 aliphatic rings. The Balaban J connectivity index is 1.35. The summed E-state index contributed by atoms with van der Waals surface area (Å²) in [6.07, 6.45) is -0.397. The van der Waals surface area contributed by atoms with E-state index in [1.807, 2.05) is 36.4 Å². The molecule has 170 valence electrons. The zero-order valence-electron chi connectivity index (χ0n) is 18.0. The van der Waals surface area contributed by atoms with Crippen LogP contribution in [0.4, 0.5) is 10.6 Å². The minimum absolute atomic E-state index is 0.0658. The number of H-pyrrole nitrogens is 1. The lowest BCUT2D eigenvalue weighted by Gasteiger charge is -2.14. The number of amides is 2. The van der Waals surface area contributed by atoms with Crippen molar-refractivity contribution in [2.45, 2.75) is 31.7 Å². The third kappa shape index (κ3) is 4.87. The summed E-state index contributed by atoms with van der Waals surface area (Å²) in [5, 5.41) is 20.5. The summed E-state index contributed by atoms with van der Waals surface area (Å²) < 4.78 is 5.47. The van der Waals surface area contributed by atoms with Gasteiger partial charge in [-0.15, -0.1) is 0 Å². The Kier molecular flexibility index (Phi) is 6.39. The number of aromatic nitrogens is 2. The standard InChI is InChI=1S/C24H24N4O5/c1-2-14(11-22(29)30)25-23(31)20-12-21(28-27-20)26-24(32)33-13-19-17-9-5-3-7-15(17)16-8-4-6-10-18(16)19/h3-10,12,14,19H,2,11,13H2,1H3,(H,25,31)(H,29,30)(H2,26,27,28,32). The van der Waals surface area contributed by atoms with Gasteiger partial charge >= 0.3 is 12.1 Å². The predicted octanol–water partition coefficient (Wildman–Crippen LogP) is 3.75. The molecule has 0 saturated carbocycles. The van der Waals surface area contributed by atoms with Gasteiger partial charge in [0, 0.05) is 18.0 Å². The Labute approximate surface area is 190 Å². The Morgan fingerprint density at radius 3 is 2.33 bits per heavy atom. The zero-order valence-corrected chi connectivity index (χ0v) is 18.0. The molecule has 9 nitrogen and oxygen atoms in total. The van der Waals surface area contributed by atoms with E-state index in [1.165, 1.54) is 6.07 Å². The van der Waals surface area contributed by atoms with Gasteiger partial charge in [-0.05, 0) is 28.7 Å². The molecule has 33 heavy (non-hydrogen) atoms. The van der Waals surface area contributed by atoms with Gasteiger partial charge in [0.05, 0.1) is 6.42 Å². The summed E-state index contributed by atoms with van der Waals surface area (Å²) in [5.74, 6) is -1.44. The van der Waals surface area contributed by atoms with Crippen LogP contribution in [0.15, 0.2) is 54.6 Å². The van der Waals surface area contributed by atoms with Crippen LogP contribution in [-0.4, -0.2) is 45.9 Å². The van der Waals surface area contributed by atoms with E-state index < -0.39 is 24.0 Å². The first-order valence-electron chi connectivity index (χ1n) is 10.7. The quantitative estimate of drug-likeness (QED) is 0.415. The van der Waals surface area contributed by atoms with Gasteiger partial charge in [0.2, 0.25) is 0 Å². The third-order valence-electron chi connectivity index (χ3n) is 5.65. The molecule has 2 aromatic carbocycles. The SMILES string of the molecule is CCC(CC(=O)O)NC(=O)c1cc(NC(=O)OCC2c3ccccc3-c3ccccc32)n[nH]1. The monoisotopic (exact) mass is 448 g/mol. The van der Waals surface area contributed by atoms with E-state index in [4.69, 9.17) is 9.84 Å². The van der Waals surface area contributed by atoms with E-state index in [0.717, 1.165) is 22.3 Å². The summed E-state index contributed by atoms with van der Waals surface area (Å²) in [4.78, 5) is 35.5. The number of hydrogen-bond acceptors (Lipinski definition) is 5. The molecular weight excluding hydrogens is 424 g/mol. The summed E-state index contributed by atoms with van der Waals surface area (Å²) in [5.41, 5.74) is 4.60. The summed E-state index contributed by atoms with van der Waals surface area (Å²) >= 11 is 0. The van der Waals surface area contributed by atoms with Crippen LogP contribution in [0.25, 0.3) is 11.1 Å². The number of anilines is 1. The fourth-order valence-corrected chi connectivity index (χ4v) is 4.01. The number of aliphatic carboxylic acids is 1. The second-order valence-electron chi connectivity index (χ2n) is 7.79. The molecule has 1 unspecified atom stereocenters. The van der Waals surface area contributed by atoms with E-state index in [2.05, 4.69) is 33.0 Å². The molecule has 0 bridgehead atoms. The molecule has 0 spiro atoms. The van der Waals surface area contributed by atoms with Gasteiger partial charge in [0.25, 0.3) is 5.91 Å². The van der Waals surface area contributed by atoms with Gasteiger partial charge in [-0.1, -0.05) is 55.5 Å². The molecule has 1 aliphatic carbocycles. The highest BCUT2D eigenvalue weighted by molar-refractivity contribution is 5.94. The number of carbonyl (C=O) groups excluding carboxylic acids is 2. The lowest BCUT2D eigenvalue weighted by molar-refractivity contribution is -0.137. The Morgan fingerprint density at radius 2 is 1.73 bits per heavy atom. The Bertz CT molecular complexity index is 1140. The predicted molar refractivity (Wildman–Crippen MR) is 121 cm³/mol. The number of carboxylic acid groups (broad SMARTS) is 1. The fourth-order valence-electron chi connectivity index (χ4n) is 4.01. The average Bonchev–Trinajstić information content (AvgIpc) is 3.39. The second-order valence-corrected chi connectivity index (χ2v) is 7.79. The Morgan fingerprint density at radius 1 is 1.09 bits per heavy atom. The number of aromatic amines is 1. The van der Waals surface area contributed by atoms with Crippen LogP contribution in [0, 0.1) is 0 Å². The third-order valence-corrected chi connectivity index (χ3v) is 5.65. The first kappa shape index (κ1) is 22.1. The van der Waals surface area contributed by atoms with Crippen LogP contribution in [0.2, 0.25) is 0 Å². The molecule has 0 fully saturated rings. The van der Waals surface area contributed by atoms with Crippen molar-refractivity contribution in [1.29, 1.82) is 0 Å². The zero-order chi connectivity index (χ0) is 23.4. The molecule has 2 amide bonds. The molecular formula is C24H24N4O5. The lowest BCUT2D eigenvalue weighted by Crippen LogP contribution is -2.36. The van der Waals surface area contributed by atoms with Crippen molar-refractivity contribution in [3.63, 3.8) is 0 Å². The maximum atomic E-state index is 12.4. The van der Waals surface area contributed by atoms with Crippen molar-refractivity contribution in [2.75, 3.05) is 11.9 Å². The molecule has 4 N–H and O–H groups in total. The van der Waals surface area contributed by atoms with Crippen LogP contribution < -0.4 is 10.6 Å². The lowest BCUT2D eigenvalue weighted by atomic mass is 9.98. The fraction of sp³-hybridized carbons (Fsp3) is 0.250. The average molecular weight is 448 g/mol. The topological polar surface area (TPSA) is 133 Å². The molecule has 1 aromatic heterocycles. The maximum absolute atomic E-state index is 12.4. The summed E-state index contributed by atoms with van der Waals surface area (Å²) in [6.45, 7) is 1.94. The van der Waals surface area contributed by atoms with E-state index in [9.17, 15) is 14.4 Å². The summed E-state index contributed by atoms with van der Waals surface area (Å²) in [6, 6.07) is 17.0. The highest BCUT2D eigenvalue weighted by atomic mass is 16.5. The molecule has 1 atom stereocenters. The van der Waals surface area contributed by atoms with Gasteiger partial charge in [-0.3, -0.25) is 20.0 Å². The highest BCUT2D eigenvalue weighted by Crippen LogP contribution is 2.44. The number of hydrogen-bond donors (Lipinski definition) is 4. The highest BCUT2D eigenvalue weighted by Gasteiger charge is 2.29. The number of ether oxygens (including phenoxy) is 1. The van der Waals surface area contributed by atoms with Gasteiger partial charge in [-0.2, -0.15) is 5.10 Å². The van der Waals surface area contributed by atoms with Gasteiger partial charge in [0.1, 0.15) is 12.3 Å². The van der Waals surface area contributed by atoms with Gasteiger partial charge in [-0.25, -0.2) is 4.79 Å². The molecule has 9 heteroatoms. The molecule has 0 saturated heterocycles. The number of nitrogens with zero attached hydrogens (tertiary/aromatic N) is 1. The molecule has 4 rings (SSSR count). The number of nitrogens with one attached hydrogen (secondary N) is 3. The van der Waals surface area contributed by atoms with Crippen molar-refractivity contribution in [3.8, 4) is 11.1 Å². The first-order chi connectivity index (χ1) is 16.0. The number of benzene rings is 2. The van der Waals surface area contributed by atoms with Crippen LogP contribution in [-0.2, 0) is 9.53 Å². The number of carbonyl (C=O) groups is 3. The van der Waals surface area contributed by atoms with Crippen LogP contribution in [0.1, 0.15) is 47.3 Å². The number of fused-ring (bicyclic) bond motifs is 3. The molecule has 0 aliphatic heterocycles.